The molecule has 1 fully saturated rings. The molecule has 28 heavy (non-hydrogen) atoms. The zero-order valence-electron chi connectivity index (χ0n) is 18.7. The summed E-state index contributed by atoms with van der Waals surface area (Å²) in [6, 6.07) is 1.02. The lowest BCUT2D eigenvalue weighted by Gasteiger charge is -2.25. The summed E-state index contributed by atoms with van der Waals surface area (Å²) in [6.07, 6.45) is 8.93. The summed E-state index contributed by atoms with van der Waals surface area (Å²) >= 11 is 0. The van der Waals surface area contributed by atoms with Gasteiger partial charge in [0.1, 0.15) is 12.4 Å². The standard InChI is InChI=1S/C21H41N7/c1-6-8-9-10-12-17(3)24-21(22-15-19-13-11-14-28(19)7-2)23-16-20-26-25-18(4)27(20)5/h17,19H,6-16H2,1-5H3,(H2,22,23,24). The summed E-state index contributed by atoms with van der Waals surface area (Å²) in [5, 5.41) is 15.6. The lowest BCUT2D eigenvalue weighted by atomic mass is 10.1. The summed E-state index contributed by atoms with van der Waals surface area (Å²) in [7, 11) is 1.99. The number of likely N-dealkylation sites (N-methyl/N-ethyl adjacent to an activating group) is 1. The third kappa shape index (κ3) is 7.08. The van der Waals surface area contributed by atoms with Gasteiger partial charge in [-0.1, -0.05) is 39.5 Å². The van der Waals surface area contributed by atoms with Gasteiger partial charge in [0.2, 0.25) is 0 Å². The predicted molar refractivity (Wildman–Crippen MR) is 117 cm³/mol. The van der Waals surface area contributed by atoms with Gasteiger partial charge in [-0.05, 0) is 46.2 Å². The second-order valence-electron chi connectivity index (χ2n) is 8.09. The van der Waals surface area contributed by atoms with Crippen molar-refractivity contribution in [1.29, 1.82) is 0 Å². The molecule has 1 aliphatic heterocycles. The lowest BCUT2D eigenvalue weighted by Crippen LogP contribution is -2.47. The van der Waals surface area contributed by atoms with E-state index in [0.29, 0.717) is 18.6 Å². The Morgan fingerprint density at radius 2 is 2.07 bits per heavy atom. The highest BCUT2D eigenvalue weighted by Gasteiger charge is 2.23. The van der Waals surface area contributed by atoms with Crippen LogP contribution in [0.4, 0.5) is 0 Å². The van der Waals surface area contributed by atoms with E-state index in [4.69, 9.17) is 4.99 Å². The fourth-order valence-electron chi connectivity index (χ4n) is 3.83. The molecule has 0 amide bonds. The number of rotatable bonds is 11. The van der Waals surface area contributed by atoms with Gasteiger partial charge in [-0.3, -0.25) is 4.90 Å². The summed E-state index contributed by atoms with van der Waals surface area (Å²) in [6.45, 7) is 12.6. The number of hydrogen-bond acceptors (Lipinski definition) is 4. The Morgan fingerprint density at radius 1 is 1.25 bits per heavy atom. The Morgan fingerprint density at radius 3 is 2.75 bits per heavy atom. The number of aromatic nitrogens is 3. The maximum Gasteiger partial charge on any atom is 0.191 e. The van der Waals surface area contributed by atoms with Gasteiger partial charge in [-0.25, -0.2) is 4.99 Å². The normalized spacial score (nSPS) is 19.2. The van der Waals surface area contributed by atoms with Crippen molar-refractivity contribution in [2.24, 2.45) is 12.0 Å². The molecule has 7 nitrogen and oxygen atoms in total. The monoisotopic (exact) mass is 391 g/mol. The van der Waals surface area contributed by atoms with Crippen LogP contribution in [0.25, 0.3) is 0 Å². The molecule has 2 unspecified atom stereocenters. The molecule has 0 saturated carbocycles. The lowest BCUT2D eigenvalue weighted by molar-refractivity contribution is 0.266. The second kappa shape index (κ2) is 12.0. The minimum atomic E-state index is 0.412. The van der Waals surface area contributed by atoms with Crippen LogP contribution in [-0.4, -0.2) is 57.3 Å². The summed E-state index contributed by atoms with van der Waals surface area (Å²) < 4.78 is 2.01. The number of likely N-dealkylation sites (tertiary alicyclic amines) is 1. The zero-order chi connectivity index (χ0) is 20.4. The van der Waals surface area contributed by atoms with E-state index in [2.05, 4.69) is 46.5 Å². The van der Waals surface area contributed by atoms with E-state index in [1.54, 1.807) is 0 Å². The Hall–Kier alpha value is -1.63. The van der Waals surface area contributed by atoms with Crippen LogP contribution in [0.5, 0.6) is 0 Å². The predicted octanol–water partition coefficient (Wildman–Crippen LogP) is 3.00. The smallest absolute Gasteiger partial charge is 0.191 e. The molecule has 0 radical (unpaired) electrons. The molecule has 1 aromatic rings. The van der Waals surface area contributed by atoms with Crippen LogP contribution >= 0.6 is 0 Å². The van der Waals surface area contributed by atoms with Crippen LogP contribution in [0, 0.1) is 6.92 Å². The molecule has 2 atom stereocenters. The number of nitrogens with zero attached hydrogens (tertiary/aromatic N) is 5. The molecular formula is C21H41N7. The first-order valence-corrected chi connectivity index (χ1v) is 11.2. The van der Waals surface area contributed by atoms with Crippen molar-refractivity contribution in [2.75, 3.05) is 19.6 Å². The van der Waals surface area contributed by atoms with Crippen molar-refractivity contribution in [3.05, 3.63) is 11.6 Å². The number of aryl methyl sites for hydroxylation is 1. The van der Waals surface area contributed by atoms with Crippen LogP contribution in [0.15, 0.2) is 4.99 Å². The Labute approximate surface area is 171 Å². The number of aliphatic imine (C=N–C) groups is 1. The summed E-state index contributed by atoms with van der Waals surface area (Å²) in [5.74, 6) is 2.71. The van der Waals surface area contributed by atoms with Crippen LogP contribution in [0.1, 0.15) is 77.4 Å². The first-order valence-electron chi connectivity index (χ1n) is 11.2. The van der Waals surface area contributed by atoms with Gasteiger partial charge < -0.3 is 15.2 Å². The van der Waals surface area contributed by atoms with Gasteiger partial charge >= 0.3 is 0 Å². The largest absolute Gasteiger partial charge is 0.355 e. The summed E-state index contributed by atoms with van der Waals surface area (Å²) in [5.41, 5.74) is 0. The Bertz CT molecular complexity index is 596. The average molecular weight is 392 g/mol. The molecule has 2 N–H and O–H groups in total. The fraction of sp³-hybridized carbons (Fsp3) is 0.857. The van der Waals surface area contributed by atoms with Crippen molar-refractivity contribution < 1.29 is 0 Å². The molecule has 1 aliphatic rings. The van der Waals surface area contributed by atoms with Crippen LogP contribution < -0.4 is 10.6 Å². The highest BCUT2D eigenvalue weighted by atomic mass is 15.3. The number of guanidine groups is 1. The highest BCUT2D eigenvalue weighted by Crippen LogP contribution is 2.15. The van der Waals surface area contributed by atoms with Crippen molar-refractivity contribution in [2.45, 2.75) is 91.3 Å². The molecule has 0 bridgehead atoms. The SMILES string of the molecule is CCCCCCC(C)NC(=NCc1nnc(C)n1C)NCC1CCCN1CC. The molecule has 1 aromatic heterocycles. The molecule has 0 aromatic carbocycles. The first kappa shape index (κ1) is 22.7. The van der Waals surface area contributed by atoms with Gasteiger partial charge in [-0.2, -0.15) is 0 Å². The molecule has 0 spiro atoms. The molecular weight excluding hydrogens is 350 g/mol. The van der Waals surface area contributed by atoms with E-state index in [0.717, 1.165) is 30.7 Å². The van der Waals surface area contributed by atoms with Gasteiger partial charge in [0.15, 0.2) is 11.8 Å². The molecule has 2 heterocycles. The fourth-order valence-corrected chi connectivity index (χ4v) is 3.83. The van der Waals surface area contributed by atoms with Gasteiger partial charge in [0, 0.05) is 25.7 Å². The van der Waals surface area contributed by atoms with Crippen molar-refractivity contribution >= 4 is 5.96 Å². The molecule has 7 heteroatoms. The molecule has 0 aliphatic carbocycles. The third-order valence-electron chi connectivity index (χ3n) is 5.85. The van der Waals surface area contributed by atoms with Crippen molar-refractivity contribution in [3.63, 3.8) is 0 Å². The van der Waals surface area contributed by atoms with E-state index in [1.807, 2.05) is 18.5 Å². The first-order chi connectivity index (χ1) is 13.5. The quantitative estimate of drug-likeness (QED) is 0.345. The second-order valence-corrected chi connectivity index (χ2v) is 8.09. The number of unbranched alkanes of at least 4 members (excludes halogenated alkanes) is 3. The number of hydrogen-bond donors (Lipinski definition) is 2. The van der Waals surface area contributed by atoms with E-state index in [1.165, 1.54) is 51.5 Å². The van der Waals surface area contributed by atoms with Gasteiger partial charge in [0.05, 0.1) is 0 Å². The van der Waals surface area contributed by atoms with E-state index in [9.17, 15) is 0 Å². The van der Waals surface area contributed by atoms with Crippen molar-refractivity contribution in [3.8, 4) is 0 Å². The minimum absolute atomic E-state index is 0.412. The molecule has 2 rings (SSSR count). The van der Waals surface area contributed by atoms with Crippen molar-refractivity contribution in [1.82, 2.24) is 30.3 Å². The maximum atomic E-state index is 4.82. The minimum Gasteiger partial charge on any atom is -0.355 e. The Kier molecular flexibility index (Phi) is 9.75. The third-order valence-corrected chi connectivity index (χ3v) is 5.85. The van der Waals surface area contributed by atoms with Crippen LogP contribution in [-0.2, 0) is 13.6 Å². The summed E-state index contributed by atoms with van der Waals surface area (Å²) in [4.78, 5) is 7.38. The molecule has 160 valence electrons. The maximum absolute atomic E-state index is 4.82. The number of nitrogens with one attached hydrogen (secondary N) is 2. The highest BCUT2D eigenvalue weighted by molar-refractivity contribution is 5.80. The van der Waals surface area contributed by atoms with Gasteiger partial charge in [-0.15, -0.1) is 10.2 Å². The van der Waals surface area contributed by atoms with Crippen LogP contribution in [0.3, 0.4) is 0 Å². The van der Waals surface area contributed by atoms with Crippen LogP contribution in [0.2, 0.25) is 0 Å². The van der Waals surface area contributed by atoms with E-state index >= 15 is 0 Å². The van der Waals surface area contributed by atoms with Gasteiger partial charge in [0.25, 0.3) is 0 Å². The zero-order valence-corrected chi connectivity index (χ0v) is 18.7. The average Bonchev–Trinajstić information content (AvgIpc) is 3.28. The van der Waals surface area contributed by atoms with E-state index < -0.39 is 0 Å². The Balaban J connectivity index is 1.93. The van der Waals surface area contributed by atoms with E-state index in [-0.39, 0.29) is 0 Å². The molecule has 1 saturated heterocycles. The topological polar surface area (TPSA) is 70.4 Å².